The number of hydrogen-bond acceptors (Lipinski definition) is 8. The lowest BCUT2D eigenvalue weighted by atomic mass is 10.1. The number of nitrogens with two attached hydrogens (primary N) is 1. The van der Waals surface area contributed by atoms with Gasteiger partial charge in [0.25, 0.3) is 0 Å². The Balaban J connectivity index is 1.53. The van der Waals surface area contributed by atoms with Gasteiger partial charge in [-0.05, 0) is 36.6 Å². The lowest BCUT2D eigenvalue weighted by Gasteiger charge is -2.18. The van der Waals surface area contributed by atoms with E-state index in [2.05, 4.69) is 35.4 Å². The summed E-state index contributed by atoms with van der Waals surface area (Å²) in [5.74, 6) is -1.04. The second kappa shape index (κ2) is 11.4. The third-order valence-corrected chi connectivity index (χ3v) is 7.29. The molecular weight excluding hydrogens is 569 g/mol. The molecule has 1 fully saturated rings. The fourth-order valence-electron chi connectivity index (χ4n) is 4.48. The number of aliphatic hydroxyl groups is 1. The summed E-state index contributed by atoms with van der Waals surface area (Å²) in [6.07, 6.45) is 1.90. The van der Waals surface area contributed by atoms with Crippen molar-refractivity contribution in [2.45, 2.75) is 44.6 Å². The molecule has 37 heavy (non-hydrogen) atoms. The Hall–Kier alpha value is -2.71. The van der Waals surface area contributed by atoms with E-state index in [0.29, 0.717) is 18.5 Å². The smallest absolute Gasteiger partial charge is 0.333 e. The van der Waals surface area contributed by atoms with Crippen LogP contribution in [0, 0.1) is 5.92 Å². The maximum absolute atomic E-state index is 14.8. The van der Waals surface area contributed by atoms with Gasteiger partial charge in [0.05, 0.1) is 24.3 Å². The number of aliphatic hydroxyl groups excluding tert-OH is 1. The first-order valence-electron chi connectivity index (χ1n) is 11.6. The Kier molecular flexibility index (Phi) is 8.39. The van der Waals surface area contributed by atoms with E-state index in [0.717, 1.165) is 15.7 Å². The van der Waals surface area contributed by atoms with Crippen LogP contribution in [0.3, 0.4) is 0 Å². The van der Waals surface area contributed by atoms with Gasteiger partial charge in [0, 0.05) is 40.6 Å². The molecule has 3 aromatic rings. The minimum atomic E-state index is -4.23. The second-order valence-electron chi connectivity index (χ2n) is 8.90. The van der Waals surface area contributed by atoms with Crippen molar-refractivity contribution >= 4 is 37.8 Å². The number of anilines is 1. The topological polar surface area (TPSA) is 149 Å². The molecule has 0 spiro atoms. The fraction of sp³-hybridized carbons (Fsp3) is 0.375. The highest BCUT2D eigenvalue weighted by atomic mass is 79.9. The molecule has 2 heterocycles. The molecule has 1 aliphatic carbocycles. The first-order valence-corrected chi connectivity index (χ1v) is 13.9. The number of carbonyl (C=O) groups excluding carboxylic acids is 1. The highest BCUT2D eigenvalue weighted by Crippen LogP contribution is 2.32. The molecule has 0 amide bonds. The van der Waals surface area contributed by atoms with Crippen LogP contribution in [0.4, 0.5) is 10.2 Å². The Morgan fingerprint density at radius 2 is 2.16 bits per heavy atom. The molecule has 10 nitrogen and oxygen atoms in total. The van der Waals surface area contributed by atoms with Crippen molar-refractivity contribution in [1.82, 2.24) is 14.5 Å². The zero-order valence-electron chi connectivity index (χ0n) is 19.9. The van der Waals surface area contributed by atoms with Gasteiger partial charge in [0.15, 0.2) is 5.78 Å². The highest BCUT2D eigenvalue weighted by Gasteiger charge is 2.44. The van der Waals surface area contributed by atoms with Crippen molar-refractivity contribution < 1.29 is 26.9 Å². The number of aryl methyl sites for hydroxylation is 1. The maximum Gasteiger partial charge on any atom is 0.333 e. The summed E-state index contributed by atoms with van der Waals surface area (Å²) in [4.78, 5) is 21.6. The fourth-order valence-corrected chi connectivity index (χ4v) is 5.29. The van der Waals surface area contributed by atoms with Crippen LogP contribution < -0.4 is 10.5 Å². The molecule has 4 N–H and O–H groups in total. The summed E-state index contributed by atoms with van der Waals surface area (Å²) in [5.41, 5.74) is 2.62. The van der Waals surface area contributed by atoms with Gasteiger partial charge in [0.1, 0.15) is 18.3 Å². The van der Waals surface area contributed by atoms with Crippen molar-refractivity contribution in [1.29, 1.82) is 0 Å². The number of carbonyl (C=O) groups is 1. The van der Waals surface area contributed by atoms with Crippen LogP contribution in [-0.4, -0.2) is 58.8 Å². The molecule has 4 rings (SSSR count). The minimum absolute atomic E-state index is 0.0402. The van der Waals surface area contributed by atoms with E-state index in [1.807, 2.05) is 41.8 Å². The molecule has 198 valence electrons. The third kappa shape index (κ3) is 6.60. The van der Waals surface area contributed by atoms with Crippen LogP contribution in [0.1, 0.15) is 40.5 Å². The number of aromatic nitrogens is 3. The Labute approximate surface area is 222 Å². The largest absolute Gasteiger partial charge is 0.390 e. The van der Waals surface area contributed by atoms with Gasteiger partial charge >= 0.3 is 10.3 Å². The maximum atomic E-state index is 14.8. The van der Waals surface area contributed by atoms with Gasteiger partial charge in [-0.15, -0.1) is 0 Å². The number of hydrogen-bond donors (Lipinski definition) is 3. The number of benzene rings is 1. The third-order valence-electron chi connectivity index (χ3n) is 6.33. The second-order valence-corrected chi connectivity index (χ2v) is 11.0. The zero-order valence-corrected chi connectivity index (χ0v) is 22.3. The minimum Gasteiger partial charge on any atom is -0.390 e. The van der Waals surface area contributed by atoms with Crippen LogP contribution in [0.2, 0.25) is 0 Å². The van der Waals surface area contributed by atoms with Crippen molar-refractivity contribution in [3.8, 4) is 0 Å². The monoisotopic (exact) mass is 595 g/mol. The van der Waals surface area contributed by atoms with E-state index in [-0.39, 0.29) is 23.6 Å². The molecule has 2 aromatic heterocycles. The van der Waals surface area contributed by atoms with E-state index in [4.69, 9.17) is 5.14 Å². The van der Waals surface area contributed by atoms with Crippen LogP contribution in [0.15, 0.2) is 53.5 Å². The Morgan fingerprint density at radius 1 is 1.38 bits per heavy atom. The summed E-state index contributed by atoms with van der Waals surface area (Å²) < 4.78 is 44.5. The van der Waals surface area contributed by atoms with Gasteiger partial charge in [-0.1, -0.05) is 35.0 Å². The molecule has 1 saturated carbocycles. The predicted molar refractivity (Wildman–Crippen MR) is 138 cm³/mol. The number of nitrogens with one attached hydrogen (secondary N) is 1. The van der Waals surface area contributed by atoms with Gasteiger partial charge in [-0.3, -0.25) is 8.98 Å². The number of rotatable bonds is 10. The number of ketones is 1. The Morgan fingerprint density at radius 3 is 2.86 bits per heavy atom. The van der Waals surface area contributed by atoms with E-state index < -0.39 is 41.1 Å². The van der Waals surface area contributed by atoms with Crippen molar-refractivity contribution in [3.63, 3.8) is 0 Å². The molecule has 0 aliphatic heterocycles. The first kappa shape index (κ1) is 27.3. The number of halogens is 2. The van der Waals surface area contributed by atoms with E-state index in [1.54, 1.807) is 6.20 Å². The quantitative estimate of drug-likeness (QED) is 0.303. The van der Waals surface area contributed by atoms with Crippen molar-refractivity contribution in [2.24, 2.45) is 11.1 Å². The standard InChI is InChI=1S/C24H27BrFN5O5S/c1-2-18-7-15(11-31(18)10-14-4-3-5-17(25)6-14)22(32)19-9-28-13-29-24(19)30-20-8-16(23(33)21(20)26)12-36-37(27,34)35/h3-7,9,11,13,16,20-21,23,33H,2,8,10,12H2,1H3,(H2,27,34,35)(H,28,29,30)/t16-,20-,21-,23-/m1/s1. The van der Waals surface area contributed by atoms with Gasteiger partial charge in [0.2, 0.25) is 0 Å². The zero-order chi connectivity index (χ0) is 26.7. The van der Waals surface area contributed by atoms with E-state index in [1.165, 1.54) is 12.5 Å². The van der Waals surface area contributed by atoms with Gasteiger partial charge in [-0.2, -0.15) is 8.42 Å². The van der Waals surface area contributed by atoms with Crippen molar-refractivity contribution in [3.05, 3.63) is 75.9 Å². The summed E-state index contributed by atoms with van der Waals surface area (Å²) in [6, 6.07) is 8.79. The van der Waals surface area contributed by atoms with Crippen LogP contribution in [-0.2, 0) is 27.5 Å². The average molecular weight is 596 g/mol. The van der Waals surface area contributed by atoms with E-state index in [9.17, 15) is 22.7 Å². The summed E-state index contributed by atoms with van der Waals surface area (Å²) in [5, 5.41) is 17.9. The number of nitrogens with zero attached hydrogens (tertiary/aromatic N) is 3. The van der Waals surface area contributed by atoms with Crippen molar-refractivity contribution in [2.75, 3.05) is 11.9 Å². The molecule has 4 atom stereocenters. The number of alkyl halides is 1. The van der Waals surface area contributed by atoms with Crippen LogP contribution >= 0.6 is 15.9 Å². The summed E-state index contributed by atoms with van der Waals surface area (Å²) >= 11 is 3.48. The SMILES string of the molecule is CCc1cc(C(=O)c2cncnc2N[C@@H]2C[C@H](COS(N)(=O)=O)[C@@H](O)[C@@H]2F)cn1Cc1cccc(Br)c1. The molecule has 0 bridgehead atoms. The summed E-state index contributed by atoms with van der Waals surface area (Å²) in [6.45, 7) is 2.12. The lowest BCUT2D eigenvalue weighted by Crippen LogP contribution is -2.33. The van der Waals surface area contributed by atoms with Crippen LogP contribution in [0.5, 0.6) is 0 Å². The normalized spacial score (nSPS) is 21.8. The van der Waals surface area contributed by atoms with Gasteiger partial charge < -0.3 is 15.0 Å². The van der Waals surface area contributed by atoms with E-state index >= 15 is 0 Å². The Bertz CT molecular complexity index is 1390. The molecule has 13 heteroatoms. The van der Waals surface area contributed by atoms with Crippen LogP contribution in [0.25, 0.3) is 0 Å². The molecule has 0 saturated heterocycles. The van der Waals surface area contributed by atoms with Gasteiger partial charge in [-0.25, -0.2) is 19.5 Å². The molecule has 0 unspecified atom stereocenters. The molecule has 1 aromatic carbocycles. The predicted octanol–water partition coefficient (Wildman–Crippen LogP) is 2.60. The first-order chi connectivity index (χ1) is 17.6. The summed E-state index contributed by atoms with van der Waals surface area (Å²) in [7, 11) is -4.23. The molecule has 0 radical (unpaired) electrons. The highest BCUT2D eigenvalue weighted by molar-refractivity contribution is 9.10. The molecular formula is C24H27BrFN5O5S. The molecule has 1 aliphatic rings. The average Bonchev–Trinajstić information content (AvgIpc) is 3.38. The lowest BCUT2D eigenvalue weighted by molar-refractivity contribution is 0.0501.